The maximum Gasteiger partial charge on any atom is 0.254 e. The van der Waals surface area contributed by atoms with Crippen LogP contribution in [0, 0.1) is 0 Å². The molecular weight excluding hydrogens is 262 g/mol. The molecule has 19 heavy (non-hydrogen) atoms. The van der Waals surface area contributed by atoms with Crippen LogP contribution in [-0.4, -0.2) is 43.3 Å². The van der Waals surface area contributed by atoms with Crippen molar-refractivity contribution in [2.75, 3.05) is 18.1 Å². The van der Waals surface area contributed by atoms with Gasteiger partial charge in [-0.25, -0.2) is 8.42 Å². The topological polar surface area (TPSA) is 54.5 Å². The average molecular weight is 279 g/mol. The molecule has 1 atom stereocenters. The molecule has 2 rings (SSSR count). The van der Waals surface area contributed by atoms with Crippen molar-refractivity contribution >= 4 is 15.7 Å². The summed E-state index contributed by atoms with van der Waals surface area (Å²) < 4.78 is 23.1. The van der Waals surface area contributed by atoms with Crippen LogP contribution in [0.1, 0.15) is 16.8 Å². The highest BCUT2D eigenvalue weighted by Crippen LogP contribution is 2.20. The lowest BCUT2D eigenvalue weighted by Gasteiger charge is -2.27. The minimum atomic E-state index is -3.00. The zero-order valence-electron chi connectivity index (χ0n) is 10.7. The minimum absolute atomic E-state index is 0.0550. The Hall–Kier alpha value is -1.62. The first-order chi connectivity index (χ1) is 9.03. The second-order valence-corrected chi connectivity index (χ2v) is 6.90. The summed E-state index contributed by atoms with van der Waals surface area (Å²) >= 11 is 0. The molecule has 0 aromatic heterocycles. The van der Waals surface area contributed by atoms with Crippen LogP contribution in [0.2, 0.25) is 0 Å². The van der Waals surface area contributed by atoms with Crippen molar-refractivity contribution in [1.82, 2.24) is 4.90 Å². The largest absolute Gasteiger partial charge is 0.331 e. The maximum absolute atomic E-state index is 12.4. The highest BCUT2D eigenvalue weighted by Gasteiger charge is 2.34. The van der Waals surface area contributed by atoms with Crippen LogP contribution in [0.25, 0.3) is 0 Å². The van der Waals surface area contributed by atoms with E-state index in [1.807, 2.05) is 6.07 Å². The van der Waals surface area contributed by atoms with E-state index in [9.17, 15) is 13.2 Å². The molecule has 1 aliphatic rings. The molecule has 1 aliphatic heterocycles. The first kappa shape index (κ1) is 13.8. The molecule has 0 unspecified atom stereocenters. The van der Waals surface area contributed by atoms with Crippen molar-refractivity contribution in [2.45, 2.75) is 12.5 Å². The van der Waals surface area contributed by atoms with E-state index in [-0.39, 0.29) is 23.5 Å². The van der Waals surface area contributed by atoms with Crippen molar-refractivity contribution < 1.29 is 13.2 Å². The normalized spacial score (nSPS) is 20.9. The predicted molar refractivity (Wildman–Crippen MR) is 74.7 cm³/mol. The third-order valence-corrected chi connectivity index (χ3v) is 5.01. The summed E-state index contributed by atoms with van der Waals surface area (Å²) in [6, 6.07) is 8.67. The molecule has 1 fully saturated rings. The van der Waals surface area contributed by atoms with Crippen molar-refractivity contribution in [3.63, 3.8) is 0 Å². The number of benzene rings is 1. The van der Waals surface area contributed by atoms with Gasteiger partial charge in [0.2, 0.25) is 0 Å². The van der Waals surface area contributed by atoms with E-state index in [1.54, 1.807) is 35.2 Å². The quantitative estimate of drug-likeness (QED) is 0.785. The lowest BCUT2D eigenvalue weighted by Crippen LogP contribution is -2.41. The van der Waals surface area contributed by atoms with Gasteiger partial charge in [0.1, 0.15) is 0 Å². The summed E-state index contributed by atoms with van der Waals surface area (Å²) in [5.41, 5.74) is 0.577. The predicted octanol–water partition coefficient (Wildman–Crippen LogP) is 1.50. The highest BCUT2D eigenvalue weighted by molar-refractivity contribution is 7.91. The average Bonchev–Trinajstić information content (AvgIpc) is 2.76. The standard InChI is InChI=1S/C14H17NO3S/c1-2-9-15(13-8-10-19(17,18)11-13)14(16)12-6-4-3-5-7-12/h2-7,13H,1,8-11H2/t13-/m1/s1. The molecule has 1 saturated heterocycles. The molecule has 1 aromatic carbocycles. The molecule has 0 spiro atoms. The van der Waals surface area contributed by atoms with Crippen LogP contribution in [0.3, 0.4) is 0 Å². The summed E-state index contributed by atoms with van der Waals surface area (Å²) in [7, 11) is -3.00. The van der Waals surface area contributed by atoms with Gasteiger partial charge in [-0.1, -0.05) is 24.3 Å². The van der Waals surface area contributed by atoms with Crippen LogP contribution >= 0.6 is 0 Å². The molecule has 1 heterocycles. The van der Waals surface area contributed by atoms with Gasteiger partial charge in [-0.3, -0.25) is 4.79 Å². The van der Waals surface area contributed by atoms with Crippen LogP contribution in [-0.2, 0) is 9.84 Å². The van der Waals surface area contributed by atoms with E-state index in [0.29, 0.717) is 18.5 Å². The molecule has 4 nitrogen and oxygen atoms in total. The van der Waals surface area contributed by atoms with E-state index >= 15 is 0 Å². The van der Waals surface area contributed by atoms with Gasteiger partial charge in [-0.15, -0.1) is 6.58 Å². The smallest absolute Gasteiger partial charge is 0.254 e. The van der Waals surface area contributed by atoms with E-state index in [4.69, 9.17) is 0 Å². The van der Waals surface area contributed by atoms with Crippen molar-refractivity contribution in [3.05, 3.63) is 48.6 Å². The molecule has 5 heteroatoms. The molecule has 0 radical (unpaired) electrons. The van der Waals surface area contributed by atoms with Gasteiger partial charge < -0.3 is 4.90 Å². The second-order valence-electron chi connectivity index (χ2n) is 4.67. The molecule has 0 bridgehead atoms. The van der Waals surface area contributed by atoms with Crippen LogP contribution in [0.5, 0.6) is 0 Å². The van der Waals surface area contributed by atoms with E-state index in [2.05, 4.69) is 6.58 Å². The Labute approximate surface area is 113 Å². The lowest BCUT2D eigenvalue weighted by molar-refractivity contribution is 0.0720. The zero-order chi connectivity index (χ0) is 13.9. The summed E-state index contributed by atoms with van der Waals surface area (Å²) in [5.74, 6) is 0.0786. The zero-order valence-corrected chi connectivity index (χ0v) is 11.5. The van der Waals surface area contributed by atoms with E-state index < -0.39 is 9.84 Å². The van der Waals surface area contributed by atoms with Gasteiger partial charge in [-0.05, 0) is 18.6 Å². The SMILES string of the molecule is C=CCN(C(=O)c1ccccc1)[C@@H]1CCS(=O)(=O)C1. The molecule has 0 saturated carbocycles. The van der Waals surface area contributed by atoms with Crippen LogP contribution in [0.4, 0.5) is 0 Å². The van der Waals surface area contributed by atoms with Crippen molar-refractivity contribution in [2.24, 2.45) is 0 Å². The fourth-order valence-electron chi connectivity index (χ4n) is 2.30. The molecule has 0 aliphatic carbocycles. The number of hydrogen-bond donors (Lipinski definition) is 0. The first-order valence-corrected chi connectivity index (χ1v) is 8.03. The number of carbonyl (C=O) groups is 1. The third kappa shape index (κ3) is 3.23. The van der Waals surface area contributed by atoms with Gasteiger partial charge >= 0.3 is 0 Å². The monoisotopic (exact) mass is 279 g/mol. The number of sulfone groups is 1. The maximum atomic E-state index is 12.4. The molecule has 1 aromatic rings. The van der Waals surface area contributed by atoms with E-state index in [1.165, 1.54) is 0 Å². The number of hydrogen-bond acceptors (Lipinski definition) is 3. The number of nitrogens with zero attached hydrogens (tertiary/aromatic N) is 1. The first-order valence-electron chi connectivity index (χ1n) is 6.21. The molecule has 1 amide bonds. The lowest BCUT2D eigenvalue weighted by atomic mass is 10.1. The van der Waals surface area contributed by atoms with Crippen LogP contribution < -0.4 is 0 Å². The minimum Gasteiger partial charge on any atom is -0.331 e. The van der Waals surface area contributed by atoms with Crippen molar-refractivity contribution in [1.29, 1.82) is 0 Å². The Kier molecular flexibility index (Phi) is 4.04. The Balaban J connectivity index is 2.21. The molecular formula is C14H17NO3S. The van der Waals surface area contributed by atoms with Gasteiger partial charge in [0, 0.05) is 18.2 Å². The van der Waals surface area contributed by atoms with Crippen LogP contribution in [0.15, 0.2) is 43.0 Å². The Morgan fingerprint density at radius 3 is 2.58 bits per heavy atom. The number of amides is 1. The van der Waals surface area contributed by atoms with Crippen molar-refractivity contribution in [3.8, 4) is 0 Å². The van der Waals surface area contributed by atoms with E-state index in [0.717, 1.165) is 0 Å². The van der Waals surface area contributed by atoms with Gasteiger partial charge in [0.25, 0.3) is 5.91 Å². The highest BCUT2D eigenvalue weighted by atomic mass is 32.2. The Morgan fingerprint density at radius 2 is 2.05 bits per heavy atom. The molecule has 0 N–H and O–H groups in total. The Bertz CT molecular complexity index is 566. The third-order valence-electron chi connectivity index (χ3n) is 3.26. The van der Waals surface area contributed by atoms with Gasteiger partial charge in [0.05, 0.1) is 11.5 Å². The summed E-state index contributed by atoms with van der Waals surface area (Å²) in [4.78, 5) is 14.0. The summed E-state index contributed by atoms with van der Waals surface area (Å²) in [6.07, 6.45) is 2.14. The summed E-state index contributed by atoms with van der Waals surface area (Å²) in [5, 5.41) is 0. The molecule has 102 valence electrons. The fourth-order valence-corrected chi connectivity index (χ4v) is 4.04. The Morgan fingerprint density at radius 1 is 1.37 bits per heavy atom. The van der Waals surface area contributed by atoms with Gasteiger partial charge in [0.15, 0.2) is 9.84 Å². The summed E-state index contributed by atoms with van der Waals surface area (Å²) in [6.45, 7) is 4.01. The van der Waals surface area contributed by atoms with Gasteiger partial charge in [-0.2, -0.15) is 0 Å². The number of rotatable bonds is 4. The number of carbonyl (C=O) groups excluding carboxylic acids is 1. The second kappa shape index (κ2) is 5.57. The fraction of sp³-hybridized carbons (Fsp3) is 0.357.